The van der Waals surface area contributed by atoms with Gasteiger partial charge in [0.05, 0.1) is 6.54 Å². The lowest BCUT2D eigenvalue weighted by Gasteiger charge is -2.06. The molecule has 6 nitrogen and oxygen atoms in total. The number of hydrogen-bond donors (Lipinski definition) is 2. The maximum Gasteiger partial charge on any atom is 0.327 e. The average molecular weight is 184 g/mol. The molecule has 0 fully saturated rings. The summed E-state index contributed by atoms with van der Waals surface area (Å²) in [6.07, 6.45) is 3.15. The van der Waals surface area contributed by atoms with Crippen molar-refractivity contribution in [1.82, 2.24) is 9.13 Å². The summed E-state index contributed by atoms with van der Waals surface area (Å²) < 4.78 is 2.74. The summed E-state index contributed by atoms with van der Waals surface area (Å²) in [5, 5.41) is 0. The van der Waals surface area contributed by atoms with Gasteiger partial charge >= 0.3 is 5.69 Å². The van der Waals surface area contributed by atoms with Crippen LogP contribution >= 0.6 is 0 Å². The number of primary amides is 1. The van der Waals surface area contributed by atoms with Crippen LogP contribution in [-0.2, 0) is 18.4 Å². The lowest BCUT2D eigenvalue weighted by molar-refractivity contribution is -0.119. The number of nitrogens with zero attached hydrogens (tertiary/aromatic N) is 2. The topological polar surface area (TPSA) is 96.0 Å². The van der Waals surface area contributed by atoms with Crippen LogP contribution in [0.1, 0.15) is 0 Å². The first-order valence-electron chi connectivity index (χ1n) is 3.79. The third-order valence-corrected chi connectivity index (χ3v) is 1.78. The SMILES string of the molecule is Cn1ccn(CC(N)C(N)=O)c1=O. The zero-order chi connectivity index (χ0) is 10.0. The standard InChI is InChI=1S/C7H12N4O2/c1-10-2-3-11(7(10)13)4-5(8)6(9)12/h2-3,5H,4,8H2,1H3,(H2,9,12). The Morgan fingerprint density at radius 3 is 2.62 bits per heavy atom. The van der Waals surface area contributed by atoms with E-state index in [1.165, 1.54) is 9.13 Å². The van der Waals surface area contributed by atoms with E-state index in [9.17, 15) is 9.59 Å². The van der Waals surface area contributed by atoms with Crippen molar-refractivity contribution in [2.24, 2.45) is 18.5 Å². The van der Waals surface area contributed by atoms with Crippen LogP contribution in [0.15, 0.2) is 17.2 Å². The van der Waals surface area contributed by atoms with Crippen LogP contribution in [0.2, 0.25) is 0 Å². The normalized spacial score (nSPS) is 12.8. The number of nitrogens with two attached hydrogens (primary N) is 2. The Bertz CT molecular complexity index is 365. The highest BCUT2D eigenvalue weighted by Gasteiger charge is 2.11. The number of hydrogen-bond acceptors (Lipinski definition) is 3. The van der Waals surface area contributed by atoms with Crippen molar-refractivity contribution < 1.29 is 4.79 Å². The van der Waals surface area contributed by atoms with E-state index in [1.807, 2.05) is 0 Å². The van der Waals surface area contributed by atoms with Crippen molar-refractivity contribution >= 4 is 5.91 Å². The van der Waals surface area contributed by atoms with Crippen molar-refractivity contribution in [1.29, 1.82) is 0 Å². The zero-order valence-electron chi connectivity index (χ0n) is 7.30. The van der Waals surface area contributed by atoms with Gasteiger partial charge in [-0.15, -0.1) is 0 Å². The van der Waals surface area contributed by atoms with E-state index >= 15 is 0 Å². The predicted molar refractivity (Wildman–Crippen MR) is 46.8 cm³/mol. The second-order valence-corrected chi connectivity index (χ2v) is 2.85. The highest BCUT2D eigenvalue weighted by Crippen LogP contribution is 1.86. The molecule has 0 aliphatic heterocycles. The molecule has 1 atom stereocenters. The van der Waals surface area contributed by atoms with Gasteiger partial charge in [0.15, 0.2) is 0 Å². The molecule has 4 N–H and O–H groups in total. The van der Waals surface area contributed by atoms with Crippen LogP contribution in [0.5, 0.6) is 0 Å². The Morgan fingerprint density at radius 1 is 1.62 bits per heavy atom. The van der Waals surface area contributed by atoms with Crippen LogP contribution in [0.25, 0.3) is 0 Å². The molecule has 6 heteroatoms. The summed E-state index contributed by atoms with van der Waals surface area (Å²) in [5.74, 6) is -0.615. The summed E-state index contributed by atoms with van der Waals surface area (Å²) in [6.45, 7) is 0.120. The molecule has 0 aliphatic carbocycles. The fourth-order valence-electron chi connectivity index (χ4n) is 0.951. The van der Waals surface area contributed by atoms with E-state index in [4.69, 9.17) is 11.5 Å². The summed E-state index contributed by atoms with van der Waals surface area (Å²) in [6, 6.07) is -0.819. The fourth-order valence-corrected chi connectivity index (χ4v) is 0.951. The molecule has 1 unspecified atom stereocenters. The van der Waals surface area contributed by atoms with Gasteiger partial charge in [-0.3, -0.25) is 9.36 Å². The zero-order valence-corrected chi connectivity index (χ0v) is 7.30. The molecule has 1 amide bonds. The largest absolute Gasteiger partial charge is 0.368 e. The number of aryl methyl sites for hydroxylation is 1. The van der Waals surface area contributed by atoms with Crippen molar-refractivity contribution in [2.75, 3.05) is 0 Å². The molecular formula is C7H12N4O2. The molecular weight excluding hydrogens is 172 g/mol. The minimum absolute atomic E-state index is 0.120. The first-order chi connectivity index (χ1) is 6.02. The predicted octanol–water partition coefficient (Wildman–Crippen LogP) is -2.00. The molecule has 0 radical (unpaired) electrons. The van der Waals surface area contributed by atoms with Gasteiger partial charge in [0.2, 0.25) is 5.91 Å². The molecule has 0 aliphatic rings. The van der Waals surface area contributed by atoms with Gasteiger partial charge in [0, 0.05) is 19.4 Å². The molecule has 13 heavy (non-hydrogen) atoms. The fraction of sp³-hybridized carbons (Fsp3) is 0.429. The number of aromatic nitrogens is 2. The van der Waals surface area contributed by atoms with Gasteiger partial charge in [-0.05, 0) is 0 Å². The first kappa shape index (κ1) is 9.53. The summed E-state index contributed by atoms with van der Waals surface area (Å²) in [7, 11) is 1.62. The highest BCUT2D eigenvalue weighted by atomic mass is 16.2. The van der Waals surface area contributed by atoms with Gasteiger partial charge in [-0.25, -0.2) is 4.79 Å². The summed E-state index contributed by atoms with van der Waals surface area (Å²) in [4.78, 5) is 21.8. The molecule has 1 rings (SSSR count). The monoisotopic (exact) mass is 184 g/mol. The molecule has 72 valence electrons. The minimum Gasteiger partial charge on any atom is -0.368 e. The quantitative estimate of drug-likeness (QED) is 0.568. The van der Waals surface area contributed by atoms with Crippen LogP contribution in [0, 0.1) is 0 Å². The van der Waals surface area contributed by atoms with E-state index in [-0.39, 0.29) is 12.2 Å². The Kier molecular flexibility index (Phi) is 2.52. The van der Waals surface area contributed by atoms with E-state index in [0.717, 1.165) is 0 Å². The number of amides is 1. The van der Waals surface area contributed by atoms with Crippen LogP contribution < -0.4 is 17.2 Å². The third kappa shape index (κ3) is 1.97. The molecule has 0 spiro atoms. The highest BCUT2D eigenvalue weighted by molar-refractivity contribution is 5.79. The van der Waals surface area contributed by atoms with Crippen molar-refractivity contribution in [2.45, 2.75) is 12.6 Å². The first-order valence-corrected chi connectivity index (χ1v) is 3.79. The second kappa shape index (κ2) is 3.44. The van der Waals surface area contributed by atoms with Crippen molar-refractivity contribution in [3.05, 3.63) is 22.9 Å². The minimum atomic E-state index is -0.819. The molecule has 1 aromatic rings. The number of carbonyl (C=O) groups excluding carboxylic acids is 1. The van der Waals surface area contributed by atoms with Crippen LogP contribution in [0.4, 0.5) is 0 Å². The Hall–Kier alpha value is -1.56. The molecule has 0 saturated carbocycles. The molecule has 1 aromatic heterocycles. The summed E-state index contributed by atoms with van der Waals surface area (Å²) in [5.41, 5.74) is 10.1. The van der Waals surface area contributed by atoms with Crippen LogP contribution in [-0.4, -0.2) is 21.1 Å². The second-order valence-electron chi connectivity index (χ2n) is 2.85. The number of imidazole rings is 1. The van der Waals surface area contributed by atoms with Gasteiger partial charge in [-0.2, -0.15) is 0 Å². The van der Waals surface area contributed by atoms with Crippen molar-refractivity contribution in [3.63, 3.8) is 0 Å². The van der Waals surface area contributed by atoms with Gasteiger partial charge in [-0.1, -0.05) is 0 Å². The van der Waals surface area contributed by atoms with E-state index < -0.39 is 11.9 Å². The van der Waals surface area contributed by atoms with Crippen LogP contribution in [0.3, 0.4) is 0 Å². The Balaban J connectivity index is 2.81. The van der Waals surface area contributed by atoms with Gasteiger partial charge < -0.3 is 16.0 Å². The maximum absolute atomic E-state index is 11.2. The molecule has 0 saturated heterocycles. The molecule has 0 bridgehead atoms. The lowest BCUT2D eigenvalue weighted by Crippen LogP contribution is -2.42. The summed E-state index contributed by atoms with van der Waals surface area (Å²) >= 11 is 0. The van der Waals surface area contributed by atoms with Gasteiger partial charge in [0.1, 0.15) is 6.04 Å². The number of carbonyl (C=O) groups is 1. The van der Waals surface area contributed by atoms with E-state index in [1.54, 1.807) is 19.4 Å². The average Bonchev–Trinajstić information content (AvgIpc) is 2.36. The van der Waals surface area contributed by atoms with Gasteiger partial charge in [0.25, 0.3) is 0 Å². The van der Waals surface area contributed by atoms with E-state index in [2.05, 4.69) is 0 Å². The van der Waals surface area contributed by atoms with E-state index in [0.29, 0.717) is 0 Å². The smallest absolute Gasteiger partial charge is 0.327 e. The molecule has 1 heterocycles. The Labute approximate surface area is 74.7 Å². The Morgan fingerprint density at radius 2 is 2.23 bits per heavy atom. The molecule has 0 aromatic carbocycles. The third-order valence-electron chi connectivity index (χ3n) is 1.78. The maximum atomic E-state index is 11.2. The van der Waals surface area contributed by atoms with Crippen molar-refractivity contribution in [3.8, 4) is 0 Å². The lowest BCUT2D eigenvalue weighted by atomic mass is 10.3. The number of rotatable bonds is 3.